The van der Waals surface area contributed by atoms with Crippen molar-refractivity contribution in [3.05, 3.63) is 0 Å². The Morgan fingerprint density at radius 1 is 0.450 bits per heavy atom. The molecule has 0 saturated heterocycles. The van der Waals surface area contributed by atoms with E-state index in [4.69, 9.17) is 0 Å². The molecule has 0 spiro atoms. The maximum Gasteiger partial charge on any atom is -0.0411 e. The lowest BCUT2D eigenvalue weighted by Crippen LogP contribution is -1.93. The van der Waals surface area contributed by atoms with Gasteiger partial charge in [0.2, 0.25) is 0 Å². The molecule has 12 N–H and O–H groups in total. The van der Waals surface area contributed by atoms with Crippen molar-refractivity contribution in [3.63, 3.8) is 0 Å². The van der Waals surface area contributed by atoms with Crippen LogP contribution in [-0.2, 0) is 0 Å². The highest BCUT2D eigenvalue weighted by atomic mass is 14.0. The minimum Gasteiger partial charge on any atom is -0.369 e. The van der Waals surface area contributed by atoms with Crippen molar-refractivity contribution < 1.29 is 0 Å². The van der Waals surface area contributed by atoms with Gasteiger partial charge in [0.1, 0.15) is 0 Å². The second-order valence-corrected chi connectivity index (χ2v) is 4.73. The average Bonchev–Trinajstić information content (AvgIpc) is 2.25. The molecule has 0 aromatic heterocycles. The van der Waals surface area contributed by atoms with Crippen LogP contribution in [0.1, 0.15) is 104 Å². The van der Waals surface area contributed by atoms with E-state index in [1.807, 2.05) is 55.4 Å². The van der Waals surface area contributed by atoms with Crippen molar-refractivity contribution in [1.82, 2.24) is 18.5 Å². The van der Waals surface area contributed by atoms with Crippen molar-refractivity contribution >= 4 is 0 Å². The van der Waals surface area contributed by atoms with Gasteiger partial charge in [-0.05, 0) is 11.3 Å². The van der Waals surface area contributed by atoms with Gasteiger partial charge in [-0.3, -0.25) is 0 Å². The van der Waals surface area contributed by atoms with Crippen LogP contribution in [0.2, 0.25) is 0 Å². The molecule has 0 bridgehead atoms. The van der Waals surface area contributed by atoms with Crippen molar-refractivity contribution in [2.24, 2.45) is 11.3 Å². The molecule has 20 heavy (non-hydrogen) atoms. The van der Waals surface area contributed by atoms with Crippen molar-refractivity contribution in [1.29, 1.82) is 0 Å². The molecule has 0 saturated carbocycles. The number of hydrogen-bond acceptors (Lipinski definition) is 0. The highest BCUT2D eigenvalue weighted by Gasteiger charge is 1.95. The van der Waals surface area contributed by atoms with Gasteiger partial charge in [-0.2, -0.15) is 0 Å². The van der Waals surface area contributed by atoms with Crippen LogP contribution < -0.4 is 18.5 Å². The predicted octanol–water partition coefficient (Wildman–Crippen LogP) is 8.95. The molecular formula is C17H58N3+3. The molecule has 0 aliphatic rings. The third-order valence-corrected chi connectivity index (χ3v) is 0. The Balaban J connectivity index is -0.0000000106. The van der Waals surface area contributed by atoms with Crippen LogP contribution in [0, 0.1) is 11.3 Å². The summed E-state index contributed by atoms with van der Waals surface area (Å²) in [6.07, 6.45) is 0. The maximum atomic E-state index is 2.19. The Bertz CT molecular complexity index is 49.0. The molecule has 3 heteroatoms. The summed E-state index contributed by atoms with van der Waals surface area (Å²) in [5.41, 5.74) is 0.500. The van der Waals surface area contributed by atoms with Crippen LogP contribution in [0.25, 0.3) is 0 Å². The van der Waals surface area contributed by atoms with Crippen LogP contribution in [0.3, 0.4) is 0 Å². The largest absolute Gasteiger partial charge is 0.369 e. The normalized spacial score (nSPS) is 6.00. The van der Waals surface area contributed by atoms with E-state index in [0.717, 1.165) is 5.92 Å². The van der Waals surface area contributed by atoms with Crippen LogP contribution in [-0.4, -0.2) is 0 Å². The fourth-order valence-corrected chi connectivity index (χ4v) is 0. The van der Waals surface area contributed by atoms with E-state index < -0.39 is 0 Å². The van der Waals surface area contributed by atoms with Gasteiger partial charge >= 0.3 is 0 Å². The monoisotopic (exact) mass is 304 g/mol. The first-order valence-corrected chi connectivity index (χ1v) is 7.73. The van der Waals surface area contributed by atoms with Gasteiger partial charge in [0, 0.05) is 0 Å². The Hall–Kier alpha value is -0.120. The van der Waals surface area contributed by atoms with Gasteiger partial charge < -0.3 is 18.5 Å². The van der Waals surface area contributed by atoms with Gasteiger partial charge in [-0.25, -0.2) is 0 Å². The van der Waals surface area contributed by atoms with Crippen LogP contribution in [0.4, 0.5) is 0 Å². The predicted molar refractivity (Wildman–Crippen MR) is 109 cm³/mol. The van der Waals surface area contributed by atoms with E-state index in [9.17, 15) is 0 Å². The average molecular weight is 305 g/mol. The third-order valence-electron chi connectivity index (χ3n) is 0. The zero-order valence-corrected chi connectivity index (χ0v) is 19.1. The summed E-state index contributed by atoms with van der Waals surface area (Å²) in [4.78, 5) is 0. The number of hydrogen-bond donors (Lipinski definition) is 3. The second-order valence-electron chi connectivity index (χ2n) is 4.73. The summed E-state index contributed by atoms with van der Waals surface area (Å²) < 4.78 is 0. The van der Waals surface area contributed by atoms with E-state index in [1.165, 1.54) is 0 Å². The third kappa shape index (κ3) is 354000. The van der Waals surface area contributed by atoms with E-state index in [0.29, 0.717) is 5.41 Å². The Labute approximate surface area is 134 Å². The molecule has 0 amide bonds. The molecule has 0 aliphatic carbocycles. The first-order valence-electron chi connectivity index (χ1n) is 7.73. The zero-order valence-electron chi connectivity index (χ0n) is 19.1. The van der Waals surface area contributed by atoms with Crippen molar-refractivity contribution in [2.45, 2.75) is 104 Å². The van der Waals surface area contributed by atoms with E-state index in [1.54, 1.807) is 0 Å². The van der Waals surface area contributed by atoms with E-state index in [-0.39, 0.29) is 18.5 Å². The fourth-order valence-electron chi connectivity index (χ4n) is 0. The quantitative estimate of drug-likeness (QED) is 0.397. The second kappa shape index (κ2) is 76.5. The molecule has 0 atom stereocenters. The minimum atomic E-state index is 0. The SMILES string of the molecule is CC.CC.CC.CC.CC(C)(C)C.CC(C)C.[NH4+].[NH4+].[NH4+]. The lowest BCUT2D eigenvalue weighted by atomic mass is 10.0. The highest BCUT2D eigenvalue weighted by Crippen LogP contribution is 2.08. The van der Waals surface area contributed by atoms with Crippen LogP contribution in [0.5, 0.6) is 0 Å². The lowest BCUT2D eigenvalue weighted by molar-refractivity contribution is 0.469. The number of rotatable bonds is 0. The van der Waals surface area contributed by atoms with Gasteiger partial charge in [-0.1, -0.05) is 104 Å². The van der Waals surface area contributed by atoms with Gasteiger partial charge in [0.05, 0.1) is 0 Å². The molecule has 0 aromatic carbocycles. The summed E-state index contributed by atoms with van der Waals surface area (Å²) in [6, 6.07) is 0. The summed E-state index contributed by atoms with van der Waals surface area (Å²) in [5, 5.41) is 0. The highest BCUT2D eigenvalue weighted by molar-refractivity contribution is 4.47. The first-order chi connectivity index (χ1) is 7.73. The summed E-state index contributed by atoms with van der Waals surface area (Å²) in [5.74, 6) is 0.833. The van der Waals surface area contributed by atoms with E-state index >= 15 is 0 Å². The molecule has 138 valence electrons. The van der Waals surface area contributed by atoms with Crippen molar-refractivity contribution in [2.75, 3.05) is 0 Å². The van der Waals surface area contributed by atoms with Gasteiger partial charge in [0.25, 0.3) is 0 Å². The lowest BCUT2D eigenvalue weighted by Gasteiger charge is -2.05. The van der Waals surface area contributed by atoms with Gasteiger partial charge in [0.15, 0.2) is 0 Å². The standard InChI is InChI=1S/C5H12.C4H10.4C2H6.3H3N/c1-5(2,3)4;1-4(2)3;4*1-2;;;/h1-4H3;4H,1-3H3;4*1-2H3;3*1H3/p+3. The smallest absolute Gasteiger partial charge is 0.0411 e. The topological polar surface area (TPSA) is 110 Å². The summed E-state index contributed by atoms with van der Waals surface area (Å²) in [7, 11) is 0. The molecule has 0 rings (SSSR count). The van der Waals surface area contributed by atoms with Crippen LogP contribution >= 0.6 is 0 Å². The fraction of sp³-hybridized carbons (Fsp3) is 1.00. The van der Waals surface area contributed by atoms with E-state index in [2.05, 4.69) is 48.5 Å². The van der Waals surface area contributed by atoms with Crippen molar-refractivity contribution in [3.8, 4) is 0 Å². The van der Waals surface area contributed by atoms with Gasteiger partial charge in [-0.15, -0.1) is 0 Å². The molecule has 0 radical (unpaired) electrons. The molecule has 0 aliphatic heterocycles. The number of quaternary nitrogens is 3. The molecule has 0 heterocycles. The molecule has 0 unspecified atom stereocenters. The first kappa shape index (κ1) is 59.9. The Morgan fingerprint density at radius 3 is 0.450 bits per heavy atom. The molecular weight excluding hydrogens is 246 g/mol. The zero-order chi connectivity index (χ0) is 16.1. The minimum absolute atomic E-state index is 0. The van der Waals surface area contributed by atoms with Crippen LogP contribution in [0.15, 0.2) is 0 Å². The Morgan fingerprint density at radius 2 is 0.450 bits per heavy atom. The molecule has 3 nitrogen and oxygen atoms in total. The maximum absolute atomic E-state index is 2.19. The summed E-state index contributed by atoms with van der Waals surface area (Å²) >= 11 is 0. The summed E-state index contributed by atoms with van der Waals surface area (Å²) in [6.45, 7) is 31.3. The molecule has 0 fully saturated rings. The Kier molecular flexibility index (Phi) is 229. The molecule has 0 aromatic rings.